The Kier molecular flexibility index (Phi) is 4.79. The Morgan fingerprint density at radius 1 is 1.31 bits per heavy atom. The second-order valence-electron chi connectivity index (χ2n) is 7.10. The Morgan fingerprint density at radius 2 is 2.07 bits per heavy atom. The van der Waals surface area contributed by atoms with Crippen LogP contribution in [0.1, 0.15) is 29.9 Å². The average Bonchev–Trinajstić information content (AvgIpc) is 3.20. The van der Waals surface area contributed by atoms with E-state index >= 15 is 0 Å². The summed E-state index contributed by atoms with van der Waals surface area (Å²) in [7, 11) is 0. The Hall–Kier alpha value is -3.27. The molecular weight excluding hydrogens is 380 g/mol. The zero-order chi connectivity index (χ0) is 20.6. The summed E-state index contributed by atoms with van der Waals surface area (Å²) >= 11 is 0. The number of benzene rings is 1. The Balaban J connectivity index is 0.000000645. The van der Waals surface area contributed by atoms with Gasteiger partial charge in [-0.2, -0.15) is 0 Å². The van der Waals surface area contributed by atoms with Crippen LogP contribution in [0.5, 0.6) is 0 Å². The van der Waals surface area contributed by atoms with Crippen molar-refractivity contribution < 1.29 is 24.2 Å². The highest BCUT2D eigenvalue weighted by molar-refractivity contribution is 5.94. The van der Waals surface area contributed by atoms with E-state index in [1.807, 2.05) is 0 Å². The molecule has 152 valence electrons. The summed E-state index contributed by atoms with van der Waals surface area (Å²) in [6.07, 6.45) is 1.66. The van der Waals surface area contributed by atoms with Crippen LogP contribution in [0.15, 0.2) is 29.1 Å². The van der Waals surface area contributed by atoms with Gasteiger partial charge in [-0.15, -0.1) is 0 Å². The molecular formula is C19H20N4O6. The summed E-state index contributed by atoms with van der Waals surface area (Å²) in [6, 6.07) is 6.57. The molecule has 29 heavy (non-hydrogen) atoms. The molecule has 0 radical (unpaired) electrons. The lowest BCUT2D eigenvalue weighted by molar-refractivity contribution is -0.179. The summed E-state index contributed by atoms with van der Waals surface area (Å²) in [5.41, 5.74) is -0.570. The molecule has 0 saturated carbocycles. The highest BCUT2D eigenvalue weighted by Crippen LogP contribution is 2.45. The third-order valence-electron chi connectivity index (χ3n) is 5.69. The molecule has 1 aromatic carbocycles. The first-order chi connectivity index (χ1) is 14.0. The molecule has 3 fully saturated rings. The molecule has 4 heterocycles. The third-order valence-corrected chi connectivity index (χ3v) is 5.69. The van der Waals surface area contributed by atoms with Gasteiger partial charge in [-0.1, -0.05) is 12.1 Å². The summed E-state index contributed by atoms with van der Waals surface area (Å²) < 4.78 is 6.01. The predicted molar refractivity (Wildman–Crippen MR) is 100 cm³/mol. The topological polar surface area (TPSA) is 133 Å². The van der Waals surface area contributed by atoms with E-state index in [0.717, 1.165) is 6.42 Å². The number of carboxylic acid groups (broad SMARTS) is 1. The minimum atomic E-state index is -0.706. The van der Waals surface area contributed by atoms with E-state index in [2.05, 4.69) is 9.97 Å². The zero-order valence-corrected chi connectivity index (χ0v) is 15.5. The average molecular weight is 400 g/mol. The van der Waals surface area contributed by atoms with Crippen molar-refractivity contribution in [3.8, 4) is 0 Å². The fourth-order valence-corrected chi connectivity index (χ4v) is 4.52. The number of aromatic nitrogens is 2. The number of nitrogens with zero attached hydrogens (tertiary/aromatic N) is 3. The van der Waals surface area contributed by atoms with Crippen LogP contribution in [-0.2, 0) is 14.3 Å². The number of carbonyl (C=O) groups is 3. The van der Waals surface area contributed by atoms with Crippen molar-refractivity contribution in [2.75, 3.05) is 19.7 Å². The van der Waals surface area contributed by atoms with Gasteiger partial charge in [0.2, 0.25) is 5.91 Å². The van der Waals surface area contributed by atoms with Gasteiger partial charge in [-0.05, 0) is 18.6 Å². The van der Waals surface area contributed by atoms with Crippen molar-refractivity contribution in [3.05, 3.63) is 40.4 Å². The lowest BCUT2D eigenvalue weighted by atomic mass is 10.0. The fraction of sp³-hybridized carbons (Fsp3) is 0.421. The number of amides is 2. The molecule has 2 amide bonds. The monoisotopic (exact) mass is 400 g/mol. The number of H-pyrrole nitrogens is 1. The van der Waals surface area contributed by atoms with Gasteiger partial charge in [0.05, 0.1) is 30.0 Å². The smallest absolute Gasteiger partial charge is 0.290 e. The lowest BCUT2D eigenvalue weighted by Crippen LogP contribution is -2.56. The number of carbonyl (C=O) groups excluding carboxylic acids is 2. The van der Waals surface area contributed by atoms with Gasteiger partial charge in [0.15, 0.2) is 11.5 Å². The van der Waals surface area contributed by atoms with Crippen LogP contribution in [0, 0.1) is 0 Å². The quantitative estimate of drug-likeness (QED) is 0.653. The maximum Gasteiger partial charge on any atom is 0.290 e. The minimum Gasteiger partial charge on any atom is -0.483 e. The fourth-order valence-electron chi connectivity index (χ4n) is 4.52. The first-order valence-corrected chi connectivity index (χ1v) is 9.34. The maximum atomic E-state index is 13.1. The van der Waals surface area contributed by atoms with Gasteiger partial charge in [-0.3, -0.25) is 19.2 Å². The SMILES string of the molecule is O=C(c1nc2ccccc2c(=O)[nH]1)N1CC[C@@]23OCCCN2C(=O)C[C@@H]13.O=CO. The number of nitrogens with one attached hydrogen (secondary N) is 1. The molecule has 2 atom stereocenters. The van der Waals surface area contributed by atoms with Crippen LogP contribution in [0.3, 0.4) is 0 Å². The van der Waals surface area contributed by atoms with Gasteiger partial charge in [-0.25, -0.2) is 4.98 Å². The van der Waals surface area contributed by atoms with E-state index in [0.29, 0.717) is 37.0 Å². The van der Waals surface area contributed by atoms with E-state index in [9.17, 15) is 14.4 Å². The highest BCUT2D eigenvalue weighted by atomic mass is 16.5. The van der Waals surface area contributed by atoms with Crippen molar-refractivity contribution in [3.63, 3.8) is 0 Å². The lowest BCUT2D eigenvalue weighted by Gasteiger charge is -2.42. The minimum absolute atomic E-state index is 0.00691. The Labute approximate surface area is 165 Å². The van der Waals surface area contributed by atoms with Crippen molar-refractivity contribution >= 4 is 29.2 Å². The summed E-state index contributed by atoms with van der Waals surface area (Å²) in [4.78, 5) is 56.4. The number of hydrogen-bond acceptors (Lipinski definition) is 6. The first kappa shape index (κ1) is 19.1. The number of hydrogen-bond donors (Lipinski definition) is 2. The van der Waals surface area contributed by atoms with Crippen molar-refractivity contribution in [2.45, 2.75) is 31.0 Å². The molecule has 3 saturated heterocycles. The molecule has 3 aliphatic heterocycles. The summed E-state index contributed by atoms with van der Waals surface area (Å²) in [5, 5.41) is 7.33. The largest absolute Gasteiger partial charge is 0.483 e. The molecule has 3 aliphatic rings. The van der Waals surface area contributed by atoms with Crippen LogP contribution in [0.4, 0.5) is 0 Å². The number of likely N-dealkylation sites (tertiary alicyclic amines) is 1. The molecule has 2 aromatic rings. The third kappa shape index (κ3) is 2.96. The summed E-state index contributed by atoms with van der Waals surface area (Å²) in [6.45, 7) is 1.49. The van der Waals surface area contributed by atoms with E-state index in [4.69, 9.17) is 14.6 Å². The number of para-hydroxylation sites is 1. The number of aromatic amines is 1. The van der Waals surface area contributed by atoms with Crippen LogP contribution in [0.2, 0.25) is 0 Å². The van der Waals surface area contributed by atoms with Gasteiger partial charge in [0.1, 0.15) is 0 Å². The number of ether oxygens (including phenoxy) is 1. The van der Waals surface area contributed by atoms with E-state index in [-0.39, 0.29) is 42.1 Å². The van der Waals surface area contributed by atoms with E-state index in [1.54, 1.807) is 34.1 Å². The number of fused-ring (bicyclic) bond motifs is 1. The van der Waals surface area contributed by atoms with Crippen molar-refractivity contribution in [2.24, 2.45) is 0 Å². The van der Waals surface area contributed by atoms with Crippen LogP contribution in [-0.4, -0.2) is 74.6 Å². The van der Waals surface area contributed by atoms with E-state index in [1.165, 1.54) is 0 Å². The van der Waals surface area contributed by atoms with E-state index < -0.39 is 5.72 Å². The second-order valence-corrected chi connectivity index (χ2v) is 7.10. The standard InChI is InChI=1S/C18H18N4O4.CH2O2/c23-14-10-13-18(22(14)7-3-9-26-18)6-8-21(13)17(25)15-19-12-5-2-1-4-11(12)16(24)20-15;2-1-3/h1-2,4-5,13H,3,6-10H2,(H,19,20,24);1H,(H,2,3)/t13-,18+;/m1./s1. The van der Waals surface area contributed by atoms with Crippen molar-refractivity contribution in [1.82, 2.24) is 19.8 Å². The molecule has 0 bridgehead atoms. The molecule has 0 unspecified atom stereocenters. The normalized spacial score (nSPS) is 25.2. The second kappa shape index (κ2) is 7.28. The van der Waals surface area contributed by atoms with Crippen LogP contribution < -0.4 is 5.56 Å². The molecule has 5 rings (SSSR count). The van der Waals surface area contributed by atoms with Crippen LogP contribution in [0.25, 0.3) is 10.9 Å². The summed E-state index contributed by atoms with van der Waals surface area (Å²) in [5.74, 6) is -0.335. The number of rotatable bonds is 1. The van der Waals surface area contributed by atoms with Gasteiger partial charge in [0, 0.05) is 19.5 Å². The molecule has 0 aliphatic carbocycles. The zero-order valence-electron chi connectivity index (χ0n) is 15.5. The molecule has 10 heteroatoms. The first-order valence-electron chi connectivity index (χ1n) is 9.34. The predicted octanol–water partition coefficient (Wildman–Crippen LogP) is 0.187. The Morgan fingerprint density at radius 3 is 2.86 bits per heavy atom. The molecule has 1 spiro atoms. The Bertz CT molecular complexity index is 1040. The van der Waals surface area contributed by atoms with Gasteiger partial charge >= 0.3 is 0 Å². The van der Waals surface area contributed by atoms with Gasteiger partial charge in [0.25, 0.3) is 17.9 Å². The molecule has 2 N–H and O–H groups in total. The molecule has 10 nitrogen and oxygen atoms in total. The highest BCUT2D eigenvalue weighted by Gasteiger charge is 2.61. The van der Waals surface area contributed by atoms with Crippen molar-refractivity contribution in [1.29, 1.82) is 0 Å². The maximum absolute atomic E-state index is 13.1. The molecule has 1 aromatic heterocycles. The van der Waals surface area contributed by atoms with Crippen LogP contribution >= 0.6 is 0 Å². The van der Waals surface area contributed by atoms with Gasteiger partial charge < -0.3 is 24.6 Å².